The minimum Gasteiger partial charge on any atom is -0.387 e. The van der Waals surface area contributed by atoms with E-state index in [2.05, 4.69) is 23.5 Å². The summed E-state index contributed by atoms with van der Waals surface area (Å²) in [5, 5.41) is 11.1. The Hall–Kier alpha value is -2.29. The summed E-state index contributed by atoms with van der Waals surface area (Å²) in [6.45, 7) is 0. The number of para-hydroxylation sites is 1. The first-order valence-corrected chi connectivity index (χ1v) is 6.03. The van der Waals surface area contributed by atoms with E-state index in [0.717, 1.165) is 23.4 Å². The van der Waals surface area contributed by atoms with E-state index >= 15 is 0 Å². The van der Waals surface area contributed by atoms with Crippen molar-refractivity contribution < 1.29 is 0 Å². The first-order chi connectivity index (χ1) is 8.75. The van der Waals surface area contributed by atoms with Gasteiger partial charge in [0.25, 0.3) is 0 Å². The number of rotatable bonds is 1. The topological polar surface area (TPSA) is 61.9 Å². The second kappa shape index (κ2) is 4.18. The van der Waals surface area contributed by atoms with Crippen LogP contribution in [0.3, 0.4) is 0 Å². The third-order valence-electron chi connectivity index (χ3n) is 3.38. The highest BCUT2D eigenvalue weighted by atomic mass is 14.9. The van der Waals surface area contributed by atoms with Crippen molar-refractivity contribution in [3.05, 3.63) is 65.4 Å². The molecule has 0 bridgehead atoms. The van der Waals surface area contributed by atoms with Crippen LogP contribution in [0.4, 0.5) is 5.69 Å². The molecule has 0 fully saturated rings. The van der Waals surface area contributed by atoms with E-state index < -0.39 is 0 Å². The van der Waals surface area contributed by atoms with Crippen LogP contribution in [-0.4, -0.2) is 5.84 Å². The van der Waals surface area contributed by atoms with Crippen molar-refractivity contribution in [1.82, 2.24) is 0 Å². The fourth-order valence-electron chi connectivity index (χ4n) is 2.44. The molecule has 18 heavy (non-hydrogen) atoms. The number of anilines is 1. The maximum atomic E-state index is 7.67. The lowest BCUT2D eigenvalue weighted by Gasteiger charge is -2.21. The lowest BCUT2D eigenvalue weighted by atomic mass is 9.90. The van der Waals surface area contributed by atoms with Crippen molar-refractivity contribution >= 4 is 11.5 Å². The Morgan fingerprint density at radius 3 is 3.00 bits per heavy atom. The number of hydrogen-bond acceptors (Lipinski definition) is 2. The summed E-state index contributed by atoms with van der Waals surface area (Å²) >= 11 is 0. The molecule has 1 unspecified atom stereocenters. The maximum Gasteiger partial charge on any atom is 0.102 e. The lowest BCUT2D eigenvalue weighted by molar-refractivity contribution is 0.981. The summed E-state index contributed by atoms with van der Waals surface area (Å²) in [6.07, 6.45) is 9.00. The summed E-state index contributed by atoms with van der Waals surface area (Å²) in [7, 11) is 0. The van der Waals surface area contributed by atoms with Gasteiger partial charge in [-0.25, -0.2) is 0 Å². The van der Waals surface area contributed by atoms with Gasteiger partial charge in [0.2, 0.25) is 0 Å². The molecule has 1 aliphatic carbocycles. The van der Waals surface area contributed by atoms with Gasteiger partial charge in [0.1, 0.15) is 5.84 Å². The second-order valence-electron chi connectivity index (χ2n) is 4.54. The number of amidine groups is 1. The third-order valence-corrected chi connectivity index (χ3v) is 3.38. The summed E-state index contributed by atoms with van der Waals surface area (Å²) < 4.78 is 0. The Morgan fingerprint density at radius 1 is 1.33 bits per heavy atom. The van der Waals surface area contributed by atoms with Gasteiger partial charge in [-0.15, -0.1) is 0 Å². The Morgan fingerprint density at radius 2 is 2.17 bits per heavy atom. The molecule has 1 atom stereocenters. The number of hydrogen-bond donors (Lipinski definition) is 3. The number of nitrogens with two attached hydrogens (primary N) is 1. The molecule has 3 rings (SSSR count). The molecule has 0 spiro atoms. The van der Waals surface area contributed by atoms with Crippen LogP contribution in [0.25, 0.3) is 0 Å². The highest BCUT2D eigenvalue weighted by molar-refractivity contribution is 5.87. The van der Waals surface area contributed by atoms with Gasteiger partial charge in [0.15, 0.2) is 0 Å². The molecular weight excluding hydrogens is 222 g/mol. The zero-order valence-electron chi connectivity index (χ0n) is 9.98. The van der Waals surface area contributed by atoms with Crippen molar-refractivity contribution in [1.29, 1.82) is 5.41 Å². The van der Waals surface area contributed by atoms with E-state index in [-0.39, 0.29) is 11.8 Å². The smallest absolute Gasteiger partial charge is 0.102 e. The van der Waals surface area contributed by atoms with Crippen molar-refractivity contribution in [3.63, 3.8) is 0 Å². The number of fused-ring (bicyclic) bond motifs is 2. The van der Waals surface area contributed by atoms with E-state index in [1.165, 1.54) is 5.56 Å². The van der Waals surface area contributed by atoms with E-state index in [9.17, 15) is 0 Å². The Labute approximate surface area is 106 Å². The largest absolute Gasteiger partial charge is 0.387 e. The van der Waals surface area contributed by atoms with Crippen LogP contribution in [-0.2, 0) is 6.42 Å². The standard InChI is InChI=1S/C15H15N3/c16-15(17)12-5-3-7-14-11(12)9-8-10-4-1-2-6-13(10)18-14/h1-7,9,12,18H,8H2,(H3,16,17). The third kappa shape index (κ3) is 1.74. The van der Waals surface area contributed by atoms with Crippen LogP contribution in [0.1, 0.15) is 5.56 Å². The predicted molar refractivity (Wildman–Crippen MR) is 74.5 cm³/mol. The fraction of sp³-hybridized carbons (Fsp3) is 0.133. The minimum absolute atomic E-state index is 0.105. The van der Waals surface area contributed by atoms with Gasteiger partial charge in [0, 0.05) is 11.4 Å². The molecule has 1 aliphatic heterocycles. The van der Waals surface area contributed by atoms with Crippen molar-refractivity contribution in [3.8, 4) is 0 Å². The molecule has 0 saturated heterocycles. The first kappa shape index (κ1) is 10.8. The van der Waals surface area contributed by atoms with Gasteiger partial charge >= 0.3 is 0 Å². The van der Waals surface area contributed by atoms with Crippen molar-refractivity contribution in [2.75, 3.05) is 5.32 Å². The molecule has 3 heteroatoms. The lowest BCUT2D eigenvalue weighted by Crippen LogP contribution is -2.25. The average molecular weight is 237 g/mol. The van der Waals surface area contributed by atoms with E-state index in [1.807, 2.05) is 30.4 Å². The van der Waals surface area contributed by atoms with Crippen LogP contribution >= 0.6 is 0 Å². The SMILES string of the molecule is N=C(N)C1C=CC=C2Nc3ccccc3CC=C21. The molecule has 1 aromatic rings. The van der Waals surface area contributed by atoms with E-state index in [0.29, 0.717) is 0 Å². The fourth-order valence-corrected chi connectivity index (χ4v) is 2.44. The Kier molecular flexibility index (Phi) is 2.52. The Bertz CT molecular complexity index is 594. The van der Waals surface area contributed by atoms with Gasteiger partial charge in [-0.3, -0.25) is 5.41 Å². The predicted octanol–water partition coefficient (Wildman–Crippen LogP) is 2.59. The van der Waals surface area contributed by atoms with Crippen LogP contribution in [0, 0.1) is 11.3 Å². The summed E-state index contributed by atoms with van der Waals surface area (Å²) in [6, 6.07) is 8.27. The zero-order chi connectivity index (χ0) is 12.5. The molecular formula is C15H15N3. The first-order valence-electron chi connectivity index (χ1n) is 6.03. The number of benzene rings is 1. The molecule has 0 aromatic heterocycles. The van der Waals surface area contributed by atoms with Crippen molar-refractivity contribution in [2.45, 2.75) is 6.42 Å². The molecule has 3 nitrogen and oxygen atoms in total. The molecule has 0 amide bonds. The number of nitrogens with one attached hydrogen (secondary N) is 2. The number of allylic oxidation sites excluding steroid dienone is 4. The van der Waals surface area contributed by atoms with Crippen molar-refractivity contribution in [2.24, 2.45) is 11.7 Å². The monoisotopic (exact) mass is 237 g/mol. The van der Waals surface area contributed by atoms with Gasteiger partial charge in [0.05, 0.1) is 5.92 Å². The Balaban J connectivity index is 2.04. The normalized spacial score (nSPS) is 20.8. The maximum absolute atomic E-state index is 7.67. The quantitative estimate of drug-likeness (QED) is 0.519. The zero-order valence-corrected chi connectivity index (χ0v) is 9.98. The van der Waals surface area contributed by atoms with Gasteiger partial charge in [-0.2, -0.15) is 0 Å². The summed E-state index contributed by atoms with van der Waals surface area (Å²) in [5.74, 6) is 0.0858. The van der Waals surface area contributed by atoms with Gasteiger partial charge in [-0.1, -0.05) is 36.4 Å². The highest BCUT2D eigenvalue weighted by Crippen LogP contribution is 2.31. The van der Waals surface area contributed by atoms with Crippen LogP contribution in [0.5, 0.6) is 0 Å². The highest BCUT2D eigenvalue weighted by Gasteiger charge is 2.22. The molecule has 1 aromatic carbocycles. The van der Waals surface area contributed by atoms with E-state index in [1.54, 1.807) is 0 Å². The molecule has 90 valence electrons. The van der Waals surface area contributed by atoms with Crippen LogP contribution in [0.2, 0.25) is 0 Å². The average Bonchev–Trinajstić information content (AvgIpc) is 2.56. The molecule has 0 saturated carbocycles. The molecule has 2 aliphatic rings. The minimum atomic E-state index is -0.105. The second-order valence-corrected chi connectivity index (χ2v) is 4.54. The van der Waals surface area contributed by atoms with E-state index in [4.69, 9.17) is 11.1 Å². The summed E-state index contributed by atoms with van der Waals surface area (Å²) in [5.41, 5.74) is 10.2. The van der Waals surface area contributed by atoms with Gasteiger partial charge in [-0.05, 0) is 29.7 Å². The van der Waals surface area contributed by atoms with Gasteiger partial charge < -0.3 is 11.1 Å². The molecule has 1 heterocycles. The van der Waals surface area contributed by atoms with Crippen LogP contribution in [0.15, 0.2) is 59.8 Å². The summed E-state index contributed by atoms with van der Waals surface area (Å²) in [4.78, 5) is 0. The molecule has 4 N–H and O–H groups in total. The van der Waals surface area contributed by atoms with Crippen LogP contribution < -0.4 is 11.1 Å². The molecule has 0 radical (unpaired) electrons.